The number of fused-ring (bicyclic) bond motifs is 1. The Balaban J connectivity index is 1.24. The van der Waals surface area contributed by atoms with Crippen LogP contribution in [0.2, 0.25) is 0 Å². The van der Waals surface area contributed by atoms with Crippen LogP contribution in [-0.4, -0.2) is 65.3 Å². The number of hydrogen-bond acceptors (Lipinski definition) is 5. The fourth-order valence-electron chi connectivity index (χ4n) is 4.33. The molecule has 2 fully saturated rings. The number of aromatic nitrogens is 1. The van der Waals surface area contributed by atoms with E-state index < -0.39 is 0 Å². The Bertz CT molecular complexity index is 667. The highest BCUT2D eigenvalue weighted by atomic mass is 16.3. The molecule has 0 saturated carbocycles. The van der Waals surface area contributed by atoms with Gasteiger partial charge in [0.1, 0.15) is 5.52 Å². The molecule has 0 bridgehead atoms. The van der Waals surface area contributed by atoms with E-state index in [-0.39, 0.29) is 6.10 Å². The van der Waals surface area contributed by atoms with Crippen LogP contribution < -0.4 is 0 Å². The second kappa shape index (κ2) is 8.07. The second-order valence-electron chi connectivity index (χ2n) is 8.23. The number of nitrogens with zero attached hydrogens (tertiary/aromatic N) is 3. The van der Waals surface area contributed by atoms with Crippen LogP contribution in [0, 0.1) is 5.92 Å². The lowest BCUT2D eigenvalue weighted by Crippen LogP contribution is -2.44. The average molecular weight is 357 g/mol. The average Bonchev–Trinajstić information content (AvgIpc) is 3.08. The molecule has 2 aliphatic heterocycles. The lowest BCUT2D eigenvalue weighted by atomic mass is 9.96. The summed E-state index contributed by atoms with van der Waals surface area (Å²) in [5, 5.41) is 10.5. The fraction of sp³-hybridized carbons (Fsp3) is 0.667. The molecule has 0 radical (unpaired) electrons. The monoisotopic (exact) mass is 357 g/mol. The van der Waals surface area contributed by atoms with Gasteiger partial charge in [0.15, 0.2) is 11.5 Å². The maximum absolute atomic E-state index is 10.5. The number of aliphatic hydroxyl groups is 1. The Morgan fingerprint density at radius 3 is 2.31 bits per heavy atom. The van der Waals surface area contributed by atoms with E-state index in [1.165, 1.54) is 12.8 Å². The van der Waals surface area contributed by atoms with Gasteiger partial charge in [-0.1, -0.05) is 19.1 Å². The third kappa shape index (κ3) is 4.27. The Kier molecular flexibility index (Phi) is 5.57. The maximum atomic E-state index is 10.5. The Labute approximate surface area is 156 Å². The minimum atomic E-state index is -0.246. The van der Waals surface area contributed by atoms with E-state index >= 15 is 0 Å². The van der Waals surface area contributed by atoms with Gasteiger partial charge in [-0.3, -0.25) is 0 Å². The SMILES string of the molecule is CC1CCN(CC(O)CN2CCC(c3nc4ccccc4o3)CC2)CC1. The summed E-state index contributed by atoms with van der Waals surface area (Å²) in [6.45, 7) is 8.23. The van der Waals surface area contributed by atoms with Gasteiger partial charge < -0.3 is 19.3 Å². The third-order valence-electron chi connectivity index (χ3n) is 6.06. The molecular formula is C21H31N3O2. The first-order valence-electron chi connectivity index (χ1n) is 10.2. The summed E-state index contributed by atoms with van der Waals surface area (Å²) in [7, 11) is 0. The summed E-state index contributed by atoms with van der Waals surface area (Å²) < 4.78 is 5.95. The van der Waals surface area contributed by atoms with Gasteiger partial charge in [0, 0.05) is 19.0 Å². The first kappa shape index (κ1) is 18.0. The number of para-hydroxylation sites is 2. The van der Waals surface area contributed by atoms with Crippen LogP contribution in [0.5, 0.6) is 0 Å². The summed E-state index contributed by atoms with van der Waals surface area (Å²) in [5.41, 5.74) is 1.84. The van der Waals surface area contributed by atoms with Crippen molar-refractivity contribution >= 4 is 11.1 Å². The molecule has 0 aliphatic carbocycles. The van der Waals surface area contributed by atoms with E-state index in [1.54, 1.807) is 0 Å². The van der Waals surface area contributed by atoms with E-state index in [9.17, 15) is 5.11 Å². The zero-order valence-electron chi connectivity index (χ0n) is 15.8. The number of β-amino-alcohol motifs (C(OH)–C–C–N with tert-alkyl or cyclic N) is 1. The van der Waals surface area contributed by atoms with Crippen molar-refractivity contribution in [3.05, 3.63) is 30.2 Å². The molecule has 1 aromatic carbocycles. The standard InChI is InChI=1S/C21H31N3O2/c1-16-6-10-23(11-7-16)14-18(25)15-24-12-8-17(9-13-24)21-22-19-4-2-3-5-20(19)26-21/h2-5,16-18,25H,6-15H2,1H3. The van der Waals surface area contributed by atoms with Gasteiger partial charge in [-0.05, 0) is 69.9 Å². The van der Waals surface area contributed by atoms with Gasteiger partial charge in [-0.25, -0.2) is 4.98 Å². The summed E-state index contributed by atoms with van der Waals surface area (Å²) in [6, 6.07) is 7.99. The van der Waals surface area contributed by atoms with Crippen molar-refractivity contribution in [3.63, 3.8) is 0 Å². The van der Waals surface area contributed by atoms with Crippen molar-refractivity contribution in [1.29, 1.82) is 0 Å². The fourth-order valence-corrected chi connectivity index (χ4v) is 4.33. The van der Waals surface area contributed by atoms with E-state index in [1.807, 2.05) is 24.3 Å². The van der Waals surface area contributed by atoms with Gasteiger partial charge in [-0.15, -0.1) is 0 Å². The van der Waals surface area contributed by atoms with Gasteiger partial charge in [0.2, 0.25) is 0 Å². The molecule has 5 nitrogen and oxygen atoms in total. The first-order chi connectivity index (χ1) is 12.7. The van der Waals surface area contributed by atoms with Crippen LogP contribution >= 0.6 is 0 Å². The summed E-state index contributed by atoms with van der Waals surface area (Å²) >= 11 is 0. The Morgan fingerprint density at radius 2 is 1.65 bits per heavy atom. The van der Waals surface area contributed by atoms with Crippen molar-refractivity contribution in [2.45, 2.75) is 44.6 Å². The molecule has 1 aromatic heterocycles. The normalized spacial score (nSPS) is 22.8. The molecule has 2 aromatic rings. The molecule has 142 valence electrons. The van der Waals surface area contributed by atoms with Crippen LogP contribution in [0.1, 0.15) is 44.4 Å². The number of piperidine rings is 2. The topological polar surface area (TPSA) is 52.7 Å². The predicted octanol–water partition coefficient (Wildman–Crippen LogP) is 3.10. The molecule has 0 spiro atoms. The molecule has 0 amide bonds. The van der Waals surface area contributed by atoms with Crippen molar-refractivity contribution in [3.8, 4) is 0 Å². The number of aliphatic hydroxyl groups excluding tert-OH is 1. The summed E-state index contributed by atoms with van der Waals surface area (Å²) in [4.78, 5) is 9.49. The highest BCUT2D eigenvalue weighted by molar-refractivity contribution is 5.72. The Hall–Kier alpha value is -1.43. The van der Waals surface area contributed by atoms with E-state index in [2.05, 4.69) is 21.7 Å². The summed E-state index contributed by atoms with van der Waals surface area (Å²) in [6.07, 6.45) is 4.40. The predicted molar refractivity (Wildman–Crippen MR) is 103 cm³/mol. The number of likely N-dealkylation sites (tertiary alicyclic amines) is 2. The molecular weight excluding hydrogens is 326 g/mol. The van der Waals surface area contributed by atoms with Crippen molar-refractivity contribution in [1.82, 2.24) is 14.8 Å². The molecule has 2 aliphatic rings. The maximum Gasteiger partial charge on any atom is 0.198 e. The van der Waals surface area contributed by atoms with Gasteiger partial charge in [0.25, 0.3) is 0 Å². The molecule has 2 saturated heterocycles. The van der Waals surface area contributed by atoms with Crippen LogP contribution in [0.3, 0.4) is 0 Å². The number of hydrogen-bond donors (Lipinski definition) is 1. The van der Waals surface area contributed by atoms with Crippen molar-refractivity contribution in [2.75, 3.05) is 39.3 Å². The smallest absolute Gasteiger partial charge is 0.198 e. The van der Waals surface area contributed by atoms with E-state index in [0.29, 0.717) is 5.92 Å². The van der Waals surface area contributed by atoms with Crippen LogP contribution in [0.4, 0.5) is 0 Å². The zero-order valence-corrected chi connectivity index (χ0v) is 15.8. The molecule has 4 rings (SSSR count). The molecule has 5 heteroatoms. The van der Waals surface area contributed by atoms with Crippen molar-refractivity contribution in [2.24, 2.45) is 5.92 Å². The lowest BCUT2D eigenvalue weighted by Gasteiger charge is -2.35. The minimum absolute atomic E-state index is 0.246. The Morgan fingerprint density at radius 1 is 1.04 bits per heavy atom. The van der Waals surface area contributed by atoms with E-state index in [0.717, 1.165) is 75.0 Å². The van der Waals surface area contributed by atoms with Gasteiger partial charge >= 0.3 is 0 Å². The van der Waals surface area contributed by atoms with Crippen LogP contribution in [0.25, 0.3) is 11.1 Å². The lowest BCUT2D eigenvalue weighted by molar-refractivity contribution is 0.0531. The van der Waals surface area contributed by atoms with E-state index in [4.69, 9.17) is 4.42 Å². The molecule has 26 heavy (non-hydrogen) atoms. The van der Waals surface area contributed by atoms with Crippen LogP contribution in [0.15, 0.2) is 28.7 Å². The van der Waals surface area contributed by atoms with Crippen LogP contribution in [-0.2, 0) is 0 Å². The zero-order chi connectivity index (χ0) is 17.9. The minimum Gasteiger partial charge on any atom is -0.440 e. The largest absolute Gasteiger partial charge is 0.440 e. The highest BCUT2D eigenvalue weighted by Crippen LogP contribution is 2.30. The molecule has 1 unspecified atom stereocenters. The van der Waals surface area contributed by atoms with Gasteiger partial charge in [0.05, 0.1) is 6.10 Å². The number of rotatable bonds is 5. The second-order valence-corrected chi connectivity index (χ2v) is 8.23. The number of benzene rings is 1. The van der Waals surface area contributed by atoms with Gasteiger partial charge in [-0.2, -0.15) is 0 Å². The number of oxazole rings is 1. The van der Waals surface area contributed by atoms with Crippen molar-refractivity contribution < 1.29 is 9.52 Å². The molecule has 3 heterocycles. The third-order valence-corrected chi connectivity index (χ3v) is 6.06. The molecule has 1 N–H and O–H groups in total. The first-order valence-corrected chi connectivity index (χ1v) is 10.2. The molecule has 1 atom stereocenters. The summed E-state index contributed by atoms with van der Waals surface area (Å²) in [5.74, 6) is 2.13. The highest BCUT2D eigenvalue weighted by Gasteiger charge is 2.26. The quantitative estimate of drug-likeness (QED) is 0.891.